The summed E-state index contributed by atoms with van der Waals surface area (Å²) >= 11 is 0. The van der Waals surface area contributed by atoms with Crippen LogP contribution in [0.5, 0.6) is 0 Å². The van der Waals surface area contributed by atoms with Gasteiger partial charge >= 0.3 is 0 Å². The van der Waals surface area contributed by atoms with Gasteiger partial charge in [0.15, 0.2) is 0 Å². The maximum absolute atomic E-state index is 4.50. The van der Waals surface area contributed by atoms with Gasteiger partial charge in [-0.2, -0.15) is 0 Å². The molecule has 0 amide bonds. The largest absolute Gasteiger partial charge is 0.333 e. The van der Waals surface area contributed by atoms with Crippen LogP contribution in [0.15, 0.2) is 0 Å². The Bertz CT molecular complexity index is 3.25. The Balaban J connectivity index is 0. The van der Waals surface area contributed by atoms with Crippen molar-refractivity contribution in [3.05, 3.63) is 0 Å². The Morgan fingerprint density at radius 1 is 1.00 bits per heavy atom. The predicted molar refractivity (Wildman–Crippen MR) is 21.5 cm³/mol. The van der Waals surface area contributed by atoms with E-state index in [2.05, 4.69) is 5.73 Å². The molecule has 0 aliphatic rings. The van der Waals surface area contributed by atoms with E-state index in [1.807, 2.05) is 13.8 Å². The first-order valence-corrected chi connectivity index (χ1v) is 1.58. The van der Waals surface area contributed by atoms with Gasteiger partial charge in [-0.05, 0) is 7.05 Å². The van der Waals surface area contributed by atoms with E-state index in [9.17, 15) is 0 Å². The number of hydrogen-bond acceptors (Lipinski definition) is 1. The van der Waals surface area contributed by atoms with Gasteiger partial charge in [0, 0.05) is 0 Å². The monoisotopic (exact) mass is 61.1 g/mol. The van der Waals surface area contributed by atoms with Gasteiger partial charge in [-0.25, -0.2) is 0 Å². The molecule has 4 heavy (non-hydrogen) atoms. The van der Waals surface area contributed by atoms with Crippen LogP contribution in [0.4, 0.5) is 0 Å². The fourth-order valence-corrected chi connectivity index (χ4v) is 0. The molecular formula is C3H11N. The lowest BCUT2D eigenvalue weighted by Gasteiger charge is -1.19. The molecule has 0 heterocycles. The topological polar surface area (TPSA) is 26.0 Å². The average molecular weight is 61.1 g/mol. The molecule has 0 spiro atoms. The molecule has 0 fully saturated rings. The molecule has 0 bridgehead atoms. The van der Waals surface area contributed by atoms with Crippen molar-refractivity contribution < 1.29 is 0 Å². The fraction of sp³-hybridized carbons (Fsp3) is 1.00. The van der Waals surface area contributed by atoms with E-state index >= 15 is 0 Å². The van der Waals surface area contributed by atoms with E-state index < -0.39 is 0 Å². The Hall–Kier alpha value is -0.0400. The second-order valence-corrected chi connectivity index (χ2v) is 0. The molecule has 0 aromatic rings. The average Bonchev–Trinajstić information content (AvgIpc) is 1.50. The van der Waals surface area contributed by atoms with Gasteiger partial charge in [0.05, 0.1) is 0 Å². The summed E-state index contributed by atoms with van der Waals surface area (Å²) in [7, 11) is 1.50. The predicted octanol–water partition coefficient (Wildman–Crippen LogP) is 0.601. The second-order valence-electron chi connectivity index (χ2n) is 0. The summed E-state index contributed by atoms with van der Waals surface area (Å²) in [5.74, 6) is 0. The van der Waals surface area contributed by atoms with Crippen molar-refractivity contribution in [3.8, 4) is 0 Å². The molecule has 1 heteroatoms. The zero-order chi connectivity index (χ0) is 4.00. The molecule has 0 aliphatic carbocycles. The van der Waals surface area contributed by atoms with Crippen molar-refractivity contribution in [3.63, 3.8) is 0 Å². The van der Waals surface area contributed by atoms with Crippen LogP contribution < -0.4 is 5.73 Å². The Kier molecular flexibility index (Phi) is 16000. The van der Waals surface area contributed by atoms with E-state index in [0.717, 1.165) is 0 Å². The van der Waals surface area contributed by atoms with Crippen molar-refractivity contribution in [2.45, 2.75) is 13.8 Å². The third-order valence-electron chi connectivity index (χ3n) is 0. The van der Waals surface area contributed by atoms with E-state index in [-0.39, 0.29) is 0 Å². The third-order valence-corrected chi connectivity index (χ3v) is 0. The number of nitrogens with two attached hydrogens (primary N) is 1. The van der Waals surface area contributed by atoms with Crippen molar-refractivity contribution in [2.75, 3.05) is 7.05 Å². The standard InChI is InChI=1S/C2H6.CH5N/c2*1-2/h1-2H3;2H2,1H3. The van der Waals surface area contributed by atoms with Crippen molar-refractivity contribution in [2.24, 2.45) is 5.73 Å². The first-order valence-electron chi connectivity index (χ1n) is 1.58. The van der Waals surface area contributed by atoms with Gasteiger partial charge in [0.25, 0.3) is 0 Å². The summed E-state index contributed by atoms with van der Waals surface area (Å²) in [4.78, 5) is 0. The van der Waals surface area contributed by atoms with Crippen molar-refractivity contribution in [1.29, 1.82) is 0 Å². The first kappa shape index (κ1) is 9.03. The summed E-state index contributed by atoms with van der Waals surface area (Å²) in [5, 5.41) is 0. The van der Waals surface area contributed by atoms with Gasteiger partial charge in [-0.1, -0.05) is 13.8 Å². The molecule has 28 valence electrons. The van der Waals surface area contributed by atoms with Crippen molar-refractivity contribution >= 4 is 0 Å². The van der Waals surface area contributed by atoms with E-state index in [0.29, 0.717) is 0 Å². The number of rotatable bonds is 0. The highest BCUT2D eigenvalue weighted by molar-refractivity contribution is 3.54. The molecule has 0 aliphatic heterocycles. The fourth-order valence-electron chi connectivity index (χ4n) is 0. The molecule has 0 saturated carbocycles. The second kappa shape index (κ2) is 7110. The molecule has 0 rings (SSSR count). The SMILES string of the molecule is CC.CN. The van der Waals surface area contributed by atoms with Gasteiger partial charge in [-0.3, -0.25) is 0 Å². The summed E-state index contributed by atoms with van der Waals surface area (Å²) in [6, 6.07) is 0. The highest BCUT2D eigenvalue weighted by Crippen LogP contribution is 1.14. The Morgan fingerprint density at radius 2 is 1.00 bits per heavy atom. The maximum atomic E-state index is 4.50. The quantitative estimate of drug-likeness (QED) is 0.436. The minimum atomic E-state index is 1.50. The zero-order valence-electron chi connectivity index (χ0n) is 3.58. The number of hydrogen-bond donors (Lipinski definition) is 1. The van der Waals surface area contributed by atoms with Crippen LogP contribution in [-0.2, 0) is 0 Å². The molecule has 2 N–H and O–H groups in total. The lowest BCUT2D eigenvalue weighted by Crippen LogP contribution is -1.69. The van der Waals surface area contributed by atoms with Crippen LogP contribution >= 0.6 is 0 Å². The lowest BCUT2D eigenvalue weighted by molar-refractivity contribution is 1.48. The van der Waals surface area contributed by atoms with Crippen LogP contribution in [-0.4, -0.2) is 7.05 Å². The van der Waals surface area contributed by atoms with Gasteiger partial charge < -0.3 is 5.73 Å². The molecule has 0 aromatic carbocycles. The zero-order valence-corrected chi connectivity index (χ0v) is 3.58. The van der Waals surface area contributed by atoms with Crippen LogP contribution in [0.2, 0.25) is 0 Å². The smallest absolute Gasteiger partial charge is 0.0195 e. The first-order chi connectivity index (χ1) is 2.00. The highest BCUT2D eigenvalue weighted by atomic mass is 14.4. The molecular weight excluding hydrogens is 50.0 g/mol. The lowest BCUT2D eigenvalue weighted by atomic mass is 11.0. The summed E-state index contributed by atoms with van der Waals surface area (Å²) in [5.41, 5.74) is 4.50. The summed E-state index contributed by atoms with van der Waals surface area (Å²) < 4.78 is 0. The third kappa shape index (κ3) is 1130. The van der Waals surface area contributed by atoms with Gasteiger partial charge in [0.2, 0.25) is 0 Å². The molecule has 0 unspecified atom stereocenters. The van der Waals surface area contributed by atoms with E-state index in [1.165, 1.54) is 7.05 Å². The minimum Gasteiger partial charge on any atom is -0.333 e. The minimum absolute atomic E-state index is 1.50. The molecule has 0 radical (unpaired) electrons. The Morgan fingerprint density at radius 3 is 1.00 bits per heavy atom. The van der Waals surface area contributed by atoms with Gasteiger partial charge in [0.1, 0.15) is 0 Å². The van der Waals surface area contributed by atoms with Gasteiger partial charge in [-0.15, -0.1) is 0 Å². The maximum Gasteiger partial charge on any atom is -0.0195 e. The van der Waals surface area contributed by atoms with Crippen LogP contribution in [0, 0.1) is 0 Å². The summed E-state index contributed by atoms with van der Waals surface area (Å²) in [6.45, 7) is 4.00. The Labute approximate surface area is 27.8 Å². The van der Waals surface area contributed by atoms with E-state index in [4.69, 9.17) is 0 Å². The normalized spacial score (nSPS) is 3.00. The summed E-state index contributed by atoms with van der Waals surface area (Å²) in [6.07, 6.45) is 0. The van der Waals surface area contributed by atoms with E-state index in [1.54, 1.807) is 0 Å². The van der Waals surface area contributed by atoms with Crippen LogP contribution in [0.1, 0.15) is 13.8 Å². The van der Waals surface area contributed by atoms with Crippen LogP contribution in [0.3, 0.4) is 0 Å². The molecule has 0 saturated heterocycles. The highest BCUT2D eigenvalue weighted by Gasteiger charge is 0.932. The molecule has 0 aromatic heterocycles. The molecule has 1 nitrogen and oxygen atoms in total. The molecule has 0 atom stereocenters. The van der Waals surface area contributed by atoms with Crippen molar-refractivity contribution in [1.82, 2.24) is 0 Å². The van der Waals surface area contributed by atoms with Crippen LogP contribution in [0.25, 0.3) is 0 Å².